The van der Waals surface area contributed by atoms with Crippen molar-refractivity contribution in [2.75, 3.05) is 23.7 Å². The minimum Gasteiger partial charge on any atom is -0.318 e. The fourth-order valence-corrected chi connectivity index (χ4v) is 4.01. The van der Waals surface area contributed by atoms with Crippen LogP contribution in [0.3, 0.4) is 0 Å². The molecule has 0 unspecified atom stereocenters. The highest BCUT2D eigenvalue weighted by molar-refractivity contribution is 8.16. The number of urea groups is 1. The molecule has 2 amide bonds. The third-order valence-corrected chi connectivity index (χ3v) is 5.56. The highest BCUT2D eigenvalue weighted by atomic mass is 32.2. The van der Waals surface area contributed by atoms with E-state index in [1.807, 2.05) is 56.3 Å². The Labute approximate surface area is 157 Å². The first-order chi connectivity index (χ1) is 12.6. The molecule has 0 saturated heterocycles. The molecule has 2 N–H and O–H groups in total. The standard InChI is InChI=1S/C20H20N4OS/c1-13-4-3-5-17(14(13)2)23-19(25)22-16-8-6-15(7-9-16)18-12-26-20-21-10-11-24(18)20/h3-9,12H,10-11H2,1-2H3,(H2,22,23,25). The van der Waals surface area contributed by atoms with Gasteiger partial charge in [0.05, 0.1) is 12.2 Å². The topological polar surface area (TPSA) is 56.7 Å². The van der Waals surface area contributed by atoms with Crippen molar-refractivity contribution in [3.63, 3.8) is 0 Å². The molecule has 132 valence electrons. The summed E-state index contributed by atoms with van der Waals surface area (Å²) in [6, 6.07) is 13.5. The molecule has 0 radical (unpaired) electrons. The van der Waals surface area contributed by atoms with Gasteiger partial charge in [-0.05, 0) is 48.7 Å². The smallest absolute Gasteiger partial charge is 0.318 e. The van der Waals surface area contributed by atoms with Crippen molar-refractivity contribution in [1.82, 2.24) is 4.90 Å². The van der Waals surface area contributed by atoms with Crippen LogP contribution >= 0.6 is 11.8 Å². The van der Waals surface area contributed by atoms with Gasteiger partial charge in [0, 0.05) is 23.3 Å². The molecule has 5 nitrogen and oxygen atoms in total. The van der Waals surface area contributed by atoms with E-state index in [1.54, 1.807) is 11.8 Å². The molecule has 26 heavy (non-hydrogen) atoms. The molecule has 0 aliphatic carbocycles. The zero-order valence-electron chi connectivity index (χ0n) is 14.7. The fraction of sp³-hybridized carbons (Fsp3) is 0.200. The number of amides is 2. The van der Waals surface area contributed by atoms with Crippen LogP contribution in [0, 0.1) is 13.8 Å². The number of aliphatic imine (C=N–C) groups is 1. The second-order valence-corrected chi connectivity index (χ2v) is 7.18. The van der Waals surface area contributed by atoms with Crippen LogP contribution in [0.15, 0.2) is 52.9 Å². The molecule has 0 saturated carbocycles. The summed E-state index contributed by atoms with van der Waals surface area (Å²) in [6.07, 6.45) is 0. The molecule has 2 aliphatic heterocycles. The lowest BCUT2D eigenvalue weighted by molar-refractivity contribution is 0.262. The molecule has 4 rings (SSSR count). The Morgan fingerprint density at radius 2 is 1.92 bits per heavy atom. The molecular weight excluding hydrogens is 344 g/mol. The Hall–Kier alpha value is -2.73. The predicted octanol–water partition coefficient (Wildman–Crippen LogP) is 4.66. The van der Waals surface area contributed by atoms with Gasteiger partial charge in [0.2, 0.25) is 0 Å². The Morgan fingerprint density at radius 3 is 2.73 bits per heavy atom. The number of thioether (sulfide) groups is 1. The summed E-state index contributed by atoms with van der Waals surface area (Å²) in [4.78, 5) is 19.0. The van der Waals surface area contributed by atoms with E-state index in [0.717, 1.165) is 46.3 Å². The SMILES string of the molecule is Cc1cccc(NC(=O)Nc2ccc(C3=CSC4=NCCN34)cc2)c1C. The van der Waals surface area contributed by atoms with E-state index in [0.29, 0.717) is 0 Å². The number of hydrogen-bond acceptors (Lipinski definition) is 4. The molecule has 0 atom stereocenters. The lowest BCUT2D eigenvalue weighted by Crippen LogP contribution is -2.21. The van der Waals surface area contributed by atoms with E-state index in [-0.39, 0.29) is 6.03 Å². The summed E-state index contributed by atoms with van der Waals surface area (Å²) < 4.78 is 0. The monoisotopic (exact) mass is 364 g/mol. The number of amidine groups is 1. The molecule has 0 aromatic heterocycles. The summed E-state index contributed by atoms with van der Waals surface area (Å²) in [5.41, 5.74) is 6.13. The first-order valence-electron chi connectivity index (χ1n) is 8.55. The predicted molar refractivity (Wildman–Crippen MR) is 110 cm³/mol. The van der Waals surface area contributed by atoms with Gasteiger partial charge in [-0.15, -0.1) is 0 Å². The highest BCUT2D eigenvalue weighted by Gasteiger charge is 2.26. The van der Waals surface area contributed by atoms with Gasteiger partial charge in [-0.3, -0.25) is 4.99 Å². The molecule has 2 aromatic carbocycles. The van der Waals surface area contributed by atoms with E-state index in [2.05, 4.69) is 25.9 Å². The second-order valence-electron chi connectivity index (χ2n) is 6.34. The van der Waals surface area contributed by atoms with Crippen LogP contribution in [-0.4, -0.2) is 29.2 Å². The zero-order chi connectivity index (χ0) is 18.1. The van der Waals surface area contributed by atoms with Crippen LogP contribution in [0.1, 0.15) is 16.7 Å². The van der Waals surface area contributed by atoms with Crippen LogP contribution in [0.25, 0.3) is 5.70 Å². The molecule has 0 bridgehead atoms. The van der Waals surface area contributed by atoms with E-state index in [1.165, 1.54) is 5.70 Å². The van der Waals surface area contributed by atoms with Crippen molar-refractivity contribution in [3.8, 4) is 0 Å². The van der Waals surface area contributed by atoms with E-state index in [9.17, 15) is 4.79 Å². The minimum absolute atomic E-state index is 0.240. The number of aryl methyl sites for hydroxylation is 1. The van der Waals surface area contributed by atoms with Crippen molar-refractivity contribution in [2.45, 2.75) is 13.8 Å². The van der Waals surface area contributed by atoms with Crippen molar-refractivity contribution in [1.29, 1.82) is 0 Å². The number of rotatable bonds is 3. The number of nitrogens with zero attached hydrogens (tertiary/aromatic N) is 2. The highest BCUT2D eigenvalue weighted by Crippen LogP contribution is 2.35. The molecular formula is C20H20N4OS. The minimum atomic E-state index is -0.240. The summed E-state index contributed by atoms with van der Waals surface area (Å²) in [7, 11) is 0. The number of benzene rings is 2. The summed E-state index contributed by atoms with van der Waals surface area (Å²) in [5.74, 6) is 0. The van der Waals surface area contributed by atoms with E-state index >= 15 is 0 Å². The molecule has 2 heterocycles. The lowest BCUT2D eigenvalue weighted by atomic mass is 10.1. The maximum atomic E-state index is 12.3. The lowest BCUT2D eigenvalue weighted by Gasteiger charge is -2.17. The Bertz CT molecular complexity index is 918. The van der Waals surface area contributed by atoms with Crippen molar-refractivity contribution in [2.24, 2.45) is 4.99 Å². The van der Waals surface area contributed by atoms with Crippen LogP contribution in [0.2, 0.25) is 0 Å². The normalized spacial score (nSPS) is 15.4. The van der Waals surface area contributed by atoms with Crippen molar-refractivity contribution < 1.29 is 4.79 Å². The maximum Gasteiger partial charge on any atom is 0.323 e. The van der Waals surface area contributed by atoms with Crippen LogP contribution in [0.5, 0.6) is 0 Å². The largest absolute Gasteiger partial charge is 0.323 e. The Balaban J connectivity index is 1.42. The van der Waals surface area contributed by atoms with Crippen molar-refractivity contribution >= 4 is 40.0 Å². The molecule has 0 spiro atoms. The van der Waals surface area contributed by atoms with Gasteiger partial charge in [-0.2, -0.15) is 0 Å². The Morgan fingerprint density at radius 1 is 1.12 bits per heavy atom. The molecule has 2 aliphatic rings. The molecule has 2 aromatic rings. The average Bonchev–Trinajstić information content (AvgIpc) is 3.23. The third-order valence-electron chi connectivity index (χ3n) is 4.66. The zero-order valence-corrected chi connectivity index (χ0v) is 15.6. The third kappa shape index (κ3) is 3.20. The van der Waals surface area contributed by atoms with Gasteiger partial charge in [0.25, 0.3) is 0 Å². The van der Waals surface area contributed by atoms with Crippen molar-refractivity contribution in [3.05, 3.63) is 64.6 Å². The number of fused-ring (bicyclic) bond motifs is 1. The summed E-state index contributed by atoms with van der Waals surface area (Å²) in [6.45, 7) is 5.83. The quantitative estimate of drug-likeness (QED) is 0.832. The first kappa shape index (κ1) is 16.7. The van der Waals surface area contributed by atoms with Gasteiger partial charge in [0.15, 0.2) is 5.17 Å². The summed E-state index contributed by atoms with van der Waals surface area (Å²) in [5, 5.41) is 9.01. The van der Waals surface area contributed by atoms with Gasteiger partial charge >= 0.3 is 6.03 Å². The number of carbonyl (C=O) groups excluding carboxylic acids is 1. The number of carbonyl (C=O) groups is 1. The second kappa shape index (κ2) is 6.88. The fourth-order valence-electron chi connectivity index (χ4n) is 3.04. The van der Waals surface area contributed by atoms with E-state index < -0.39 is 0 Å². The number of hydrogen-bond donors (Lipinski definition) is 2. The van der Waals surface area contributed by atoms with Crippen LogP contribution < -0.4 is 10.6 Å². The van der Waals surface area contributed by atoms with Crippen LogP contribution in [0.4, 0.5) is 16.2 Å². The Kier molecular flexibility index (Phi) is 4.42. The van der Waals surface area contributed by atoms with Gasteiger partial charge in [0.1, 0.15) is 0 Å². The van der Waals surface area contributed by atoms with Gasteiger partial charge < -0.3 is 15.5 Å². The summed E-state index contributed by atoms with van der Waals surface area (Å²) >= 11 is 1.67. The molecule has 6 heteroatoms. The van der Waals surface area contributed by atoms with E-state index in [4.69, 9.17) is 0 Å². The van der Waals surface area contributed by atoms with Gasteiger partial charge in [-0.1, -0.05) is 36.0 Å². The number of anilines is 2. The number of nitrogens with one attached hydrogen (secondary N) is 2. The van der Waals surface area contributed by atoms with Gasteiger partial charge in [-0.25, -0.2) is 4.79 Å². The molecule has 0 fully saturated rings. The maximum absolute atomic E-state index is 12.3. The first-order valence-corrected chi connectivity index (χ1v) is 9.43. The van der Waals surface area contributed by atoms with Crippen LogP contribution in [-0.2, 0) is 0 Å². The average molecular weight is 364 g/mol.